The highest BCUT2D eigenvalue weighted by atomic mass is 32.1. The first-order valence-electron chi connectivity index (χ1n) is 13.9. The van der Waals surface area contributed by atoms with Gasteiger partial charge in [0.25, 0.3) is 18.2 Å². The molecule has 0 aromatic carbocycles. The summed E-state index contributed by atoms with van der Waals surface area (Å²) in [4.78, 5) is 36.9. The van der Waals surface area contributed by atoms with Gasteiger partial charge in [-0.05, 0) is 51.0 Å². The monoisotopic (exact) mass is 617 g/mol. The van der Waals surface area contributed by atoms with Gasteiger partial charge in [-0.25, -0.2) is 18.7 Å². The number of aliphatic hydroxyl groups is 1. The van der Waals surface area contributed by atoms with E-state index in [0.717, 1.165) is 25.1 Å². The molecule has 2 aliphatic heterocycles. The number of thiazole rings is 1. The molecule has 5 atom stereocenters. The maximum absolute atomic E-state index is 14.4. The molecule has 9 nitrogen and oxygen atoms in total. The molecule has 1 saturated carbocycles. The predicted molar refractivity (Wildman–Crippen MR) is 144 cm³/mol. The number of amides is 2. The SMILES string of the molecule is CCC1CCC(C)N1C(=O)c1nc(C(=O)N[C@@H]2COC[C@H]2O)sc1-c1cnc(N[C@@H](C2CC2)C(F)(F)F)cc1C(F)F. The third kappa shape index (κ3) is 6.23. The molecule has 3 fully saturated rings. The van der Waals surface area contributed by atoms with Gasteiger partial charge in [-0.15, -0.1) is 11.3 Å². The Kier molecular flexibility index (Phi) is 8.72. The zero-order valence-electron chi connectivity index (χ0n) is 23.0. The highest BCUT2D eigenvalue weighted by molar-refractivity contribution is 7.17. The Morgan fingerprint density at radius 2 is 1.95 bits per heavy atom. The molecule has 3 N–H and O–H groups in total. The molecule has 2 saturated heterocycles. The molecule has 2 amide bonds. The van der Waals surface area contributed by atoms with Crippen molar-refractivity contribution in [1.82, 2.24) is 20.2 Å². The first kappa shape index (κ1) is 30.5. The van der Waals surface area contributed by atoms with Crippen LogP contribution in [-0.2, 0) is 4.74 Å². The van der Waals surface area contributed by atoms with Crippen molar-refractivity contribution in [3.8, 4) is 10.4 Å². The van der Waals surface area contributed by atoms with Crippen molar-refractivity contribution in [2.24, 2.45) is 5.92 Å². The Bertz CT molecular complexity index is 1320. The third-order valence-corrected chi connectivity index (χ3v) is 9.14. The van der Waals surface area contributed by atoms with Crippen molar-refractivity contribution in [2.75, 3.05) is 18.5 Å². The van der Waals surface area contributed by atoms with Crippen LogP contribution in [0.4, 0.5) is 27.8 Å². The molecule has 1 aliphatic carbocycles. The number of nitrogens with one attached hydrogen (secondary N) is 2. The summed E-state index contributed by atoms with van der Waals surface area (Å²) in [6, 6.07) is -2.04. The number of carbonyl (C=O) groups excluding carboxylic acids is 2. The Labute approximate surface area is 242 Å². The van der Waals surface area contributed by atoms with E-state index in [1.165, 1.54) is 0 Å². The van der Waals surface area contributed by atoms with Crippen LogP contribution in [0, 0.1) is 5.92 Å². The molecular formula is C27H32F5N5O4S. The van der Waals surface area contributed by atoms with E-state index in [1.807, 2.05) is 13.8 Å². The van der Waals surface area contributed by atoms with E-state index in [9.17, 15) is 36.6 Å². The molecule has 2 unspecified atom stereocenters. The summed E-state index contributed by atoms with van der Waals surface area (Å²) in [7, 11) is 0. The summed E-state index contributed by atoms with van der Waals surface area (Å²) < 4.78 is 74.7. The van der Waals surface area contributed by atoms with Gasteiger partial charge in [-0.3, -0.25) is 9.59 Å². The summed E-state index contributed by atoms with van der Waals surface area (Å²) in [5.74, 6) is -2.28. The highest BCUT2D eigenvalue weighted by Gasteiger charge is 2.49. The number of hydrogen-bond acceptors (Lipinski definition) is 8. The molecule has 0 spiro atoms. The molecule has 15 heteroatoms. The lowest BCUT2D eigenvalue weighted by Gasteiger charge is -2.27. The maximum atomic E-state index is 14.4. The number of aliphatic hydroxyl groups excluding tert-OH is 1. The van der Waals surface area contributed by atoms with E-state index in [2.05, 4.69) is 20.6 Å². The summed E-state index contributed by atoms with van der Waals surface area (Å²) in [6.07, 6.45) is -4.79. The van der Waals surface area contributed by atoms with E-state index < -0.39 is 54.1 Å². The van der Waals surface area contributed by atoms with Crippen molar-refractivity contribution in [3.05, 3.63) is 28.5 Å². The van der Waals surface area contributed by atoms with Crippen LogP contribution in [0.25, 0.3) is 10.4 Å². The number of carbonyl (C=O) groups is 2. The molecule has 0 radical (unpaired) electrons. The standard InChI is InChI=1S/C27H32F5N5O4S/c1-3-14-7-4-12(2)37(14)26(40)20-21(42-25(36-20)24(39)34-17-10-41-11-18(17)38)16-9-33-19(8-15(16)23(28)29)35-22(13-5-6-13)27(30,31)32/h8-9,12-14,17-18,22-23,38H,3-7,10-11H2,1-2H3,(H,33,35)(H,34,39)/t12?,14?,17-,18-,22+/m1/s1. The highest BCUT2D eigenvalue weighted by Crippen LogP contribution is 2.43. The number of aromatic nitrogens is 2. The van der Waals surface area contributed by atoms with E-state index >= 15 is 0 Å². The number of ether oxygens (including phenoxy) is 1. The summed E-state index contributed by atoms with van der Waals surface area (Å²) in [5.41, 5.74) is -1.05. The van der Waals surface area contributed by atoms with Crippen molar-refractivity contribution in [1.29, 1.82) is 0 Å². The fourth-order valence-corrected chi connectivity index (χ4v) is 6.58. The number of likely N-dealkylation sites (tertiary alicyclic amines) is 1. The molecule has 2 aromatic rings. The maximum Gasteiger partial charge on any atom is 0.408 e. The zero-order chi connectivity index (χ0) is 30.3. The second kappa shape index (κ2) is 12.0. The molecule has 4 heterocycles. The quantitative estimate of drug-likeness (QED) is 0.347. The van der Waals surface area contributed by atoms with Gasteiger partial charge < -0.3 is 25.4 Å². The van der Waals surface area contributed by atoms with Gasteiger partial charge in [0.05, 0.1) is 30.2 Å². The minimum absolute atomic E-state index is 0.0306. The van der Waals surface area contributed by atoms with Gasteiger partial charge >= 0.3 is 6.18 Å². The normalized spacial score (nSPS) is 25.2. The Morgan fingerprint density at radius 1 is 1.21 bits per heavy atom. The fraction of sp³-hybridized carbons (Fsp3) is 0.630. The summed E-state index contributed by atoms with van der Waals surface area (Å²) >= 11 is 0.706. The van der Waals surface area contributed by atoms with Crippen LogP contribution in [0.2, 0.25) is 0 Å². The fourth-order valence-electron chi connectivity index (χ4n) is 5.59. The number of hydrogen-bond donors (Lipinski definition) is 3. The second-order valence-electron chi connectivity index (χ2n) is 11.0. The number of anilines is 1. The topological polar surface area (TPSA) is 117 Å². The van der Waals surface area contributed by atoms with Gasteiger partial charge in [0.2, 0.25) is 0 Å². The average Bonchev–Trinajstić information content (AvgIpc) is 3.35. The van der Waals surface area contributed by atoms with Crippen LogP contribution in [0.15, 0.2) is 12.3 Å². The Morgan fingerprint density at radius 3 is 2.55 bits per heavy atom. The number of halogens is 5. The van der Waals surface area contributed by atoms with Crippen LogP contribution < -0.4 is 10.6 Å². The van der Waals surface area contributed by atoms with Gasteiger partial charge in [0.15, 0.2) is 5.01 Å². The van der Waals surface area contributed by atoms with Crippen molar-refractivity contribution >= 4 is 29.0 Å². The van der Waals surface area contributed by atoms with Crippen LogP contribution in [0.5, 0.6) is 0 Å². The van der Waals surface area contributed by atoms with Gasteiger partial charge in [0, 0.05) is 29.4 Å². The van der Waals surface area contributed by atoms with E-state index in [0.29, 0.717) is 30.6 Å². The first-order chi connectivity index (χ1) is 19.9. The number of nitrogens with zero attached hydrogens (tertiary/aromatic N) is 3. The minimum atomic E-state index is -4.59. The molecule has 0 bridgehead atoms. The molecule has 2 aromatic heterocycles. The lowest BCUT2D eigenvalue weighted by Crippen LogP contribution is -2.42. The Balaban J connectivity index is 1.54. The molecule has 42 heavy (non-hydrogen) atoms. The number of pyridine rings is 1. The third-order valence-electron chi connectivity index (χ3n) is 8.05. The predicted octanol–water partition coefficient (Wildman–Crippen LogP) is 4.79. The Hall–Kier alpha value is -2.91. The minimum Gasteiger partial charge on any atom is -0.388 e. The molecular weight excluding hydrogens is 585 g/mol. The van der Waals surface area contributed by atoms with Gasteiger partial charge in [0.1, 0.15) is 17.6 Å². The van der Waals surface area contributed by atoms with Crippen LogP contribution in [0.1, 0.15) is 78.2 Å². The molecule has 5 rings (SSSR count). The van der Waals surface area contributed by atoms with Crippen LogP contribution in [0.3, 0.4) is 0 Å². The second-order valence-corrected chi connectivity index (χ2v) is 12.0. The number of rotatable bonds is 9. The van der Waals surface area contributed by atoms with Crippen molar-refractivity contribution in [3.63, 3.8) is 0 Å². The van der Waals surface area contributed by atoms with E-state index in [4.69, 9.17) is 4.74 Å². The van der Waals surface area contributed by atoms with Crippen molar-refractivity contribution < 1.29 is 41.4 Å². The summed E-state index contributed by atoms with van der Waals surface area (Å²) in [5, 5.41) is 14.7. The lowest BCUT2D eigenvalue weighted by molar-refractivity contribution is -0.146. The van der Waals surface area contributed by atoms with Crippen LogP contribution >= 0.6 is 11.3 Å². The molecule has 230 valence electrons. The largest absolute Gasteiger partial charge is 0.408 e. The molecule has 3 aliphatic rings. The average molecular weight is 618 g/mol. The zero-order valence-corrected chi connectivity index (χ0v) is 23.8. The van der Waals surface area contributed by atoms with E-state index in [-0.39, 0.29) is 52.3 Å². The van der Waals surface area contributed by atoms with Gasteiger partial charge in [-0.1, -0.05) is 6.92 Å². The van der Waals surface area contributed by atoms with Crippen molar-refractivity contribution in [2.45, 2.75) is 88.8 Å². The van der Waals surface area contributed by atoms with Crippen LogP contribution in [-0.4, -0.2) is 81.5 Å². The smallest absolute Gasteiger partial charge is 0.388 e. The lowest BCUT2D eigenvalue weighted by atomic mass is 10.1. The number of alkyl halides is 5. The van der Waals surface area contributed by atoms with Gasteiger partial charge in [-0.2, -0.15) is 13.2 Å². The van der Waals surface area contributed by atoms with E-state index in [1.54, 1.807) is 4.90 Å². The first-order valence-corrected chi connectivity index (χ1v) is 14.7. The summed E-state index contributed by atoms with van der Waals surface area (Å²) in [6.45, 7) is 3.90.